The van der Waals surface area contributed by atoms with E-state index in [1.165, 1.54) is 32.1 Å². The lowest BCUT2D eigenvalue weighted by atomic mass is 9.66. The average Bonchev–Trinajstić information content (AvgIpc) is 2.43. The van der Waals surface area contributed by atoms with E-state index in [-0.39, 0.29) is 12.4 Å². The molecule has 1 aromatic carbocycles. The molecule has 110 valence electrons. The van der Waals surface area contributed by atoms with Gasteiger partial charge in [-0.05, 0) is 68.3 Å². The van der Waals surface area contributed by atoms with E-state index in [4.69, 9.17) is 0 Å². The normalized spacial score (nSPS) is 26.2. The quantitative estimate of drug-likeness (QED) is 0.778. The smallest absolute Gasteiger partial charge is 0.00100 e. The van der Waals surface area contributed by atoms with Gasteiger partial charge in [0.25, 0.3) is 0 Å². The van der Waals surface area contributed by atoms with E-state index in [9.17, 15) is 0 Å². The van der Waals surface area contributed by atoms with Gasteiger partial charge >= 0.3 is 0 Å². The number of benzene rings is 1. The number of fused-ring (bicyclic) bond motifs is 4. The molecular formula is C18H26ClN. The van der Waals surface area contributed by atoms with Crippen molar-refractivity contribution in [1.29, 1.82) is 0 Å². The molecule has 0 radical (unpaired) electrons. The Morgan fingerprint density at radius 2 is 1.90 bits per heavy atom. The summed E-state index contributed by atoms with van der Waals surface area (Å²) < 4.78 is 0. The van der Waals surface area contributed by atoms with E-state index in [1.54, 1.807) is 16.7 Å². The standard InChI is InChI=1S/C18H25N.ClH/c1-19(2)12-6-11-17-15-8-5-7-14(13-15)16-9-3-4-10-18(16)17;/h3-4,9-11,14-15H,5-8,12-13H2,1-2H3;1H/b17-11-;. The molecule has 0 aromatic heterocycles. The van der Waals surface area contributed by atoms with E-state index in [2.05, 4.69) is 49.3 Å². The van der Waals surface area contributed by atoms with Crippen LogP contribution in [0.1, 0.15) is 49.1 Å². The summed E-state index contributed by atoms with van der Waals surface area (Å²) in [6, 6.07) is 9.13. The van der Waals surface area contributed by atoms with Gasteiger partial charge in [0.1, 0.15) is 0 Å². The summed E-state index contributed by atoms with van der Waals surface area (Å²) in [7, 11) is 4.31. The van der Waals surface area contributed by atoms with E-state index in [0.29, 0.717) is 0 Å². The molecule has 0 N–H and O–H groups in total. The van der Waals surface area contributed by atoms with Crippen molar-refractivity contribution >= 4 is 18.0 Å². The molecule has 2 unspecified atom stereocenters. The Bertz CT molecular complexity index is 478. The van der Waals surface area contributed by atoms with Crippen LogP contribution < -0.4 is 0 Å². The zero-order valence-corrected chi connectivity index (χ0v) is 13.5. The first-order valence-corrected chi connectivity index (χ1v) is 7.70. The minimum absolute atomic E-state index is 0. The van der Waals surface area contributed by atoms with Gasteiger partial charge in [0, 0.05) is 6.54 Å². The van der Waals surface area contributed by atoms with Gasteiger partial charge in [-0.15, -0.1) is 12.4 Å². The lowest BCUT2D eigenvalue weighted by Crippen LogP contribution is -2.22. The second-order valence-corrected chi connectivity index (χ2v) is 6.40. The molecule has 2 atom stereocenters. The maximum atomic E-state index is 2.52. The van der Waals surface area contributed by atoms with Crippen LogP contribution in [0.5, 0.6) is 0 Å². The van der Waals surface area contributed by atoms with Crippen LogP contribution in [0.15, 0.2) is 30.3 Å². The lowest BCUT2D eigenvalue weighted by Gasteiger charge is -2.38. The maximum absolute atomic E-state index is 2.52. The van der Waals surface area contributed by atoms with Gasteiger partial charge in [0.2, 0.25) is 0 Å². The number of nitrogens with zero attached hydrogens (tertiary/aromatic N) is 1. The van der Waals surface area contributed by atoms with Gasteiger partial charge < -0.3 is 4.90 Å². The topological polar surface area (TPSA) is 3.24 Å². The zero-order chi connectivity index (χ0) is 13.2. The van der Waals surface area contributed by atoms with Gasteiger partial charge in [-0.1, -0.05) is 36.8 Å². The highest BCUT2D eigenvalue weighted by molar-refractivity contribution is 5.85. The Labute approximate surface area is 129 Å². The van der Waals surface area contributed by atoms with Crippen LogP contribution >= 0.6 is 12.4 Å². The van der Waals surface area contributed by atoms with Crippen molar-refractivity contribution in [2.24, 2.45) is 5.92 Å². The highest BCUT2D eigenvalue weighted by Crippen LogP contribution is 2.49. The number of rotatable bonds is 3. The van der Waals surface area contributed by atoms with Gasteiger partial charge in [0.15, 0.2) is 0 Å². The molecule has 0 spiro atoms. The molecule has 0 heterocycles. The zero-order valence-electron chi connectivity index (χ0n) is 12.6. The van der Waals surface area contributed by atoms with E-state index in [0.717, 1.165) is 18.4 Å². The maximum Gasteiger partial charge on any atom is 0.00100 e. The van der Waals surface area contributed by atoms with Crippen LogP contribution in [0.25, 0.3) is 5.57 Å². The van der Waals surface area contributed by atoms with Gasteiger partial charge in [-0.25, -0.2) is 0 Å². The molecule has 1 fully saturated rings. The fourth-order valence-corrected chi connectivity index (χ4v) is 3.85. The van der Waals surface area contributed by atoms with E-state index < -0.39 is 0 Å². The molecule has 1 saturated carbocycles. The molecule has 0 saturated heterocycles. The van der Waals surface area contributed by atoms with Crippen LogP contribution in [0, 0.1) is 5.92 Å². The number of halogens is 1. The first-order chi connectivity index (χ1) is 9.25. The summed E-state index contributed by atoms with van der Waals surface area (Å²) in [4.78, 5) is 2.27. The van der Waals surface area contributed by atoms with Gasteiger partial charge in [-0.2, -0.15) is 0 Å². The molecule has 2 aliphatic rings. The van der Waals surface area contributed by atoms with Crippen LogP contribution in [-0.2, 0) is 0 Å². The Morgan fingerprint density at radius 3 is 2.70 bits per heavy atom. The second kappa shape index (κ2) is 6.78. The summed E-state index contributed by atoms with van der Waals surface area (Å²) in [6.45, 7) is 1.15. The van der Waals surface area contributed by atoms with E-state index in [1.807, 2.05) is 0 Å². The van der Waals surface area contributed by atoms with Gasteiger partial charge in [0.05, 0.1) is 0 Å². The van der Waals surface area contributed by atoms with Gasteiger partial charge in [-0.3, -0.25) is 0 Å². The molecule has 3 rings (SSSR count). The first kappa shape index (κ1) is 15.6. The SMILES string of the molecule is CN(C)CC/C=C1\c2ccccc2C2CCCC1C2.Cl. The second-order valence-electron chi connectivity index (χ2n) is 6.40. The van der Waals surface area contributed by atoms with Crippen molar-refractivity contribution in [3.63, 3.8) is 0 Å². The molecule has 1 aromatic rings. The highest BCUT2D eigenvalue weighted by atomic mass is 35.5. The van der Waals surface area contributed by atoms with Crippen molar-refractivity contribution in [3.05, 3.63) is 41.5 Å². The molecule has 0 amide bonds. The van der Waals surface area contributed by atoms with Crippen molar-refractivity contribution in [2.45, 2.75) is 38.0 Å². The first-order valence-electron chi connectivity index (χ1n) is 7.70. The monoisotopic (exact) mass is 291 g/mol. The summed E-state index contributed by atoms with van der Waals surface area (Å²) in [6.07, 6.45) is 9.31. The fraction of sp³-hybridized carbons (Fsp3) is 0.556. The van der Waals surface area contributed by atoms with Crippen molar-refractivity contribution in [1.82, 2.24) is 4.90 Å². The van der Waals surface area contributed by atoms with Crippen LogP contribution in [-0.4, -0.2) is 25.5 Å². The largest absolute Gasteiger partial charge is 0.309 e. The summed E-state index contributed by atoms with van der Waals surface area (Å²) >= 11 is 0. The molecule has 2 heteroatoms. The van der Waals surface area contributed by atoms with Crippen molar-refractivity contribution in [2.75, 3.05) is 20.6 Å². The summed E-state index contributed by atoms with van der Waals surface area (Å²) in [5.74, 6) is 1.66. The molecular weight excluding hydrogens is 266 g/mol. The Balaban J connectivity index is 0.00000147. The Morgan fingerprint density at radius 1 is 1.15 bits per heavy atom. The molecule has 1 nitrogen and oxygen atoms in total. The third kappa shape index (κ3) is 3.10. The molecule has 20 heavy (non-hydrogen) atoms. The minimum Gasteiger partial charge on any atom is -0.309 e. The van der Waals surface area contributed by atoms with E-state index >= 15 is 0 Å². The predicted octanol–water partition coefficient (Wildman–Crippen LogP) is 4.73. The molecule has 2 aliphatic carbocycles. The predicted molar refractivity (Wildman–Crippen MR) is 89.5 cm³/mol. The highest BCUT2D eigenvalue weighted by Gasteiger charge is 2.32. The third-order valence-electron chi connectivity index (χ3n) is 4.77. The number of hydrogen-bond acceptors (Lipinski definition) is 1. The number of hydrogen-bond donors (Lipinski definition) is 0. The summed E-state index contributed by atoms with van der Waals surface area (Å²) in [5.41, 5.74) is 4.82. The lowest BCUT2D eigenvalue weighted by molar-refractivity contribution is 0.367. The Hall–Kier alpha value is -0.790. The van der Waals surface area contributed by atoms with Crippen LogP contribution in [0.2, 0.25) is 0 Å². The average molecular weight is 292 g/mol. The number of allylic oxidation sites excluding steroid dienone is 1. The van der Waals surface area contributed by atoms with Crippen LogP contribution in [0.4, 0.5) is 0 Å². The Kier molecular flexibility index (Phi) is 5.29. The molecule has 2 bridgehead atoms. The van der Waals surface area contributed by atoms with Crippen molar-refractivity contribution < 1.29 is 0 Å². The van der Waals surface area contributed by atoms with Crippen LogP contribution in [0.3, 0.4) is 0 Å². The van der Waals surface area contributed by atoms with Crippen molar-refractivity contribution in [3.8, 4) is 0 Å². The molecule has 0 aliphatic heterocycles. The minimum atomic E-state index is 0. The third-order valence-corrected chi connectivity index (χ3v) is 4.77. The fourth-order valence-electron chi connectivity index (χ4n) is 3.85. The summed E-state index contributed by atoms with van der Waals surface area (Å²) in [5, 5.41) is 0.